The second kappa shape index (κ2) is 8.70. The first-order valence-electron chi connectivity index (χ1n) is 9.98. The van der Waals surface area contributed by atoms with Gasteiger partial charge in [0.05, 0.1) is 12.1 Å². The number of nitrogens with zero attached hydrogens (tertiary/aromatic N) is 2. The third kappa shape index (κ3) is 4.22. The molecule has 4 rings (SSSR count). The molecular weight excluding hydrogens is 346 g/mol. The van der Waals surface area contributed by atoms with Crippen LogP contribution in [0, 0.1) is 0 Å². The van der Waals surface area contributed by atoms with Crippen molar-refractivity contribution in [3.05, 3.63) is 66.9 Å². The highest BCUT2D eigenvalue weighted by molar-refractivity contribution is 5.81. The molecule has 1 N–H and O–H groups in total. The van der Waals surface area contributed by atoms with Crippen LogP contribution in [-0.4, -0.2) is 21.6 Å². The second-order valence-electron chi connectivity index (χ2n) is 6.98. The number of aromatic amines is 1. The summed E-state index contributed by atoms with van der Waals surface area (Å²) in [5, 5.41) is 0. The second-order valence-corrected chi connectivity index (χ2v) is 6.98. The molecule has 0 aliphatic rings. The Balaban J connectivity index is 1.53. The fourth-order valence-electron chi connectivity index (χ4n) is 3.28. The zero-order chi connectivity index (χ0) is 19.2. The molecule has 4 nitrogen and oxygen atoms in total. The van der Waals surface area contributed by atoms with Crippen molar-refractivity contribution in [3.63, 3.8) is 0 Å². The minimum absolute atomic E-state index is 0.723. The summed E-state index contributed by atoms with van der Waals surface area (Å²) in [6.45, 7) is 2.97. The number of fused-ring (bicyclic) bond motifs is 1. The molecule has 0 saturated heterocycles. The molecular formula is C24H25N3O. The molecule has 0 fully saturated rings. The number of benzene rings is 2. The number of pyridine rings is 1. The number of nitrogens with one attached hydrogen (secondary N) is 1. The number of ether oxygens (including phenoxy) is 1. The molecule has 0 atom stereocenters. The van der Waals surface area contributed by atoms with E-state index in [1.165, 1.54) is 19.3 Å². The van der Waals surface area contributed by atoms with Crippen molar-refractivity contribution < 1.29 is 4.74 Å². The van der Waals surface area contributed by atoms with Crippen LogP contribution in [0.15, 0.2) is 66.9 Å². The number of rotatable bonds is 8. The lowest BCUT2D eigenvalue weighted by molar-refractivity contribution is 0.305. The number of hydrogen-bond donors (Lipinski definition) is 1. The summed E-state index contributed by atoms with van der Waals surface area (Å²) < 4.78 is 5.91. The van der Waals surface area contributed by atoms with Crippen LogP contribution in [0.5, 0.6) is 5.75 Å². The van der Waals surface area contributed by atoms with E-state index in [9.17, 15) is 0 Å². The Morgan fingerprint density at radius 1 is 0.857 bits per heavy atom. The van der Waals surface area contributed by atoms with E-state index < -0.39 is 0 Å². The number of hydrogen-bond acceptors (Lipinski definition) is 3. The first kappa shape index (κ1) is 18.2. The molecule has 142 valence electrons. The summed E-state index contributed by atoms with van der Waals surface area (Å²) in [6.07, 6.45) is 6.68. The maximum absolute atomic E-state index is 5.91. The van der Waals surface area contributed by atoms with Crippen LogP contribution in [0.1, 0.15) is 32.6 Å². The standard InChI is InChI=1S/C24H25N3O/c1-2-3-4-8-14-28-21-13-9-12-19(15-21)23-26-22-16-20(17-25-24(22)27-23)18-10-6-5-7-11-18/h5-7,9-13,15-17H,2-4,8,14H2,1H3,(H,25,26,27). The van der Waals surface area contributed by atoms with Crippen molar-refractivity contribution >= 4 is 11.2 Å². The normalized spacial score (nSPS) is 11.0. The van der Waals surface area contributed by atoms with E-state index in [0.29, 0.717) is 0 Å². The first-order valence-corrected chi connectivity index (χ1v) is 9.98. The van der Waals surface area contributed by atoms with Crippen LogP contribution in [0.25, 0.3) is 33.7 Å². The monoisotopic (exact) mass is 371 g/mol. The van der Waals surface area contributed by atoms with E-state index in [0.717, 1.165) is 52.5 Å². The van der Waals surface area contributed by atoms with Crippen LogP contribution in [0.2, 0.25) is 0 Å². The average molecular weight is 371 g/mol. The lowest BCUT2D eigenvalue weighted by Gasteiger charge is -2.07. The third-order valence-electron chi connectivity index (χ3n) is 4.82. The lowest BCUT2D eigenvalue weighted by atomic mass is 10.1. The Hall–Kier alpha value is -3.14. The van der Waals surface area contributed by atoms with Crippen LogP contribution in [0.3, 0.4) is 0 Å². The quantitative estimate of drug-likeness (QED) is 0.372. The van der Waals surface area contributed by atoms with Gasteiger partial charge in [-0.05, 0) is 30.2 Å². The molecule has 0 radical (unpaired) electrons. The summed E-state index contributed by atoms with van der Waals surface area (Å²) in [7, 11) is 0. The summed E-state index contributed by atoms with van der Waals surface area (Å²) in [6, 6.07) is 20.4. The third-order valence-corrected chi connectivity index (χ3v) is 4.82. The van der Waals surface area contributed by atoms with Gasteiger partial charge in [-0.3, -0.25) is 0 Å². The fourth-order valence-corrected chi connectivity index (χ4v) is 3.28. The Bertz CT molecular complexity index is 1040. The maximum Gasteiger partial charge on any atom is 0.178 e. The highest BCUT2D eigenvalue weighted by atomic mass is 16.5. The molecule has 0 saturated carbocycles. The molecule has 0 unspecified atom stereocenters. The van der Waals surface area contributed by atoms with Gasteiger partial charge in [0.15, 0.2) is 5.65 Å². The van der Waals surface area contributed by atoms with E-state index in [1.54, 1.807) is 0 Å². The van der Waals surface area contributed by atoms with Gasteiger partial charge in [-0.1, -0.05) is 68.7 Å². The molecule has 0 spiro atoms. The Morgan fingerprint density at radius 2 is 1.71 bits per heavy atom. The summed E-state index contributed by atoms with van der Waals surface area (Å²) in [5.41, 5.74) is 4.88. The summed E-state index contributed by atoms with van der Waals surface area (Å²) in [4.78, 5) is 12.6. The fraction of sp³-hybridized carbons (Fsp3) is 0.250. The lowest BCUT2D eigenvalue weighted by Crippen LogP contribution is -1.97. The minimum Gasteiger partial charge on any atom is -0.494 e. The van der Waals surface area contributed by atoms with Gasteiger partial charge < -0.3 is 9.72 Å². The molecule has 28 heavy (non-hydrogen) atoms. The molecule has 0 amide bonds. The number of aromatic nitrogens is 3. The van der Waals surface area contributed by atoms with Gasteiger partial charge in [0.1, 0.15) is 11.6 Å². The van der Waals surface area contributed by atoms with Crippen LogP contribution >= 0.6 is 0 Å². The Labute approximate surface area is 165 Å². The van der Waals surface area contributed by atoms with E-state index in [-0.39, 0.29) is 0 Å². The highest BCUT2D eigenvalue weighted by Crippen LogP contribution is 2.26. The largest absolute Gasteiger partial charge is 0.494 e. The molecule has 4 heteroatoms. The van der Waals surface area contributed by atoms with Crippen molar-refractivity contribution in [1.82, 2.24) is 15.0 Å². The maximum atomic E-state index is 5.91. The zero-order valence-electron chi connectivity index (χ0n) is 16.2. The Morgan fingerprint density at radius 3 is 2.57 bits per heavy atom. The van der Waals surface area contributed by atoms with Gasteiger partial charge in [-0.25, -0.2) is 9.97 Å². The first-order chi connectivity index (χ1) is 13.8. The number of imidazole rings is 1. The van der Waals surface area contributed by atoms with Gasteiger partial charge >= 0.3 is 0 Å². The topological polar surface area (TPSA) is 50.8 Å². The predicted octanol–water partition coefficient (Wildman–Crippen LogP) is 6.25. The van der Waals surface area contributed by atoms with Crippen LogP contribution < -0.4 is 4.74 Å². The smallest absolute Gasteiger partial charge is 0.178 e. The SMILES string of the molecule is CCCCCCOc1cccc(-c2nc3ncc(-c4ccccc4)cc3[nH]2)c1. The number of H-pyrrole nitrogens is 1. The molecule has 2 heterocycles. The average Bonchev–Trinajstić information content (AvgIpc) is 3.18. The minimum atomic E-state index is 0.723. The predicted molar refractivity (Wildman–Crippen MR) is 114 cm³/mol. The van der Waals surface area contributed by atoms with Crippen LogP contribution in [-0.2, 0) is 0 Å². The molecule has 0 aliphatic heterocycles. The van der Waals surface area contributed by atoms with E-state index >= 15 is 0 Å². The summed E-state index contributed by atoms with van der Waals surface area (Å²) in [5.74, 6) is 1.69. The molecule has 2 aromatic carbocycles. The van der Waals surface area contributed by atoms with Gasteiger partial charge in [-0.2, -0.15) is 0 Å². The molecule has 4 aromatic rings. The van der Waals surface area contributed by atoms with Crippen LogP contribution in [0.4, 0.5) is 0 Å². The van der Waals surface area contributed by atoms with Crippen molar-refractivity contribution in [2.75, 3.05) is 6.61 Å². The Kier molecular flexibility index (Phi) is 5.66. The van der Waals surface area contributed by atoms with Gasteiger partial charge in [0, 0.05) is 17.3 Å². The van der Waals surface area contributed by atoms with Crippen molar-refractivity contribution in [1.29, 1.82) is 0 Å². The van der Waals surface area contributed by atoms with E-state index in [1.807, 2.05) is 48.7 Å². The van der Waals surface area contributed by atoms with Crippen molar-refractivity contribution in [2.45, 2.75) is 32.6 Å². The molecule has 0 aliphatic carbocycles. The highest BCUT2D eigenvalue weighted by Gasteiger charge is 2.09. The summed E-state index contributed by atoms with van der Waals surface area (Å²) >= 11 is 0. The molecule has 2 aromatic heterocycles. The van der Waals surface area contributed by atoms with Gasteiger partial charge in [-0.15, -0.1) is 0 Å². The van der Waals surface area contributed by atoms with Crippen molar-refractivity contribution in [3.8, 4) is 28.3 Å². The molecule has 0 bridgehead atoms. The zero-order valence-corrected chi connectivity index (χ0v) is 16.2. The number of unbranched alkanes of at least 4 members (excludes halogenated alkanes) is 3. The van der Waals surface area contributed by atoms with E-state index in [2.05, 4.69) is 40.1 Å². The van der Waals surface area contributed by atoms with Crippen molar-refractivity contribution in [2.24, 2.45) is 0 Å². The van der Waals surface area contributed by atoms with E-state index in [4.69, 9.17) is 4.74 Å². The van der Waals surface area contributed by atoms with Gasteiger partial charge in [0.2, 0.25) is 0 Å². The van der Waals surface area contributed by atoms with Gasteiger partial charge in [0.25, 0.3) is 0 Å².